The van der Waals surface area contributed by atoms with Gasteiger partial charge in [-0.05, 0) is 0 Å². The number of rotatable bonds is 3. The topological polar surface area (TPSA) is 67.3 Å². The quantitative estimate of drug-likeness (QED) is 0.788. The first-order chi connectivity index (χ1) is 6.79. The molecule has 15 heavy (non-hydrogen) atoms. The molecule has 1 aromatic rings. The third-order valence-corrected chi connectivity index (χ3v) is 3.50. The number of aromatic nitrogens is 1. The average Bonchev–Trinajstić information content (AvgIpc) is 2.48. The Morgan fingerprint density at radius 1 is 1.60 bits per heavy atom. The van der Waals surface area contributed by atoms with Gasteiger partial charge < -0.3 is 0 Å². The molecule has 1 rings (SSSR count). The van der Waals surface area contributed by atoms with Crippen molar-refractivity contribution in [2.75, 3.05) is 18.2 Å². The lowest BCUT2D eigenvalue weighted by atomic mass is 10.6. The SMILES string of the molecule is CC(=O)N(C)c1nc(CS(C)(=O)=O)cs1. The number of hydrogen-bond donors (Lipinski definition) is 0. The fraction of sp³-hybridized carbons (Fsp3) is 0.500. The molecule has 0 aliphatic rings. The third-order valence-electron chi connectivity index (χ3n) is 1.71. The summed E-state index contributed by atoms with van der Waals surface area (Å²) in [7, 11) is -1.47. The van der Waals surface area contributed by atoms with Crippen LogP contribution in [0, 0.1) is 0 Å². The van der Waals surface area contributed by atoms with E-state index in [-0.39, 0.29) is 11.7 Å². The fourth-order valence-electron chi connectivity index (χ4n) is 0.920. The summed E-state index contributed by atoms with van der Waals surface area (Å²) in [6.07, 6.45) is 1.15. The minimum atomic E-state index is -3.07. The van der Waals surface area contributed by atoms with E-state index in [1.807, 2.05) is 0 Å². The predicted molar refractivity (Wildman–Crippen MR) is 59.7 cm³/mol. The lowest BCUT2D eigenvalue weighted by molar-refractivity contribution is -0.116. The molecular formula is C8H12N2O3S2. The standard InChI is InChI=1S/C8H12N2O3S2/c1-6(11)10(2)8-9-7(4-14-8)5-15(3,12)13/h4H,5H2,1-3H3. The van der Waals surface area contributed by atoms with E-state index in [0.717, 1.165) is 6.26 Å². The minimum absolute atomic E-state index is 0.0881. The van der Waals surface area contributed by atoms with Crippen molar-refractivity contribution < 1.29 is 13.2 Å². The van der Waals surface area contributed by atoms with Gasteiger partial charge in [-0.25, -0.2) is 13.4 Å². The molecule has 1 heterocycles. The van der Waals surface area contributed by atoms with Gasteiger partial charge in [0, 0.05) is 25.6 Å². The van der Waals surface area contributed by atoms with Crippen LogP contribution in [0.2, 0.25) is 0 Å². The highest BCUT2D eigenvalue weighted by molar-refractivity contribution is 7.89. The maximum atomic E-state index is 11.0. The van der Waals surface area contributed by atoms with Crippen molar-refractivity contribution in [1.82, 2.24) is 4.98 Å². The van der Waals surface area contributed by atoms with Gasteiger partial charge in [-0.1, -0.05) is 0 Å². The van der Waals surface area contributed by atoms with Crippen LogP contribution in [0.1, 0.15) is 12.6 Å². The van der Waals surface area contributed by atoms with Crippen LogP contribution in [-0.4, -0.2) is 32.6 Å². The number of carbonyl (C=O) groups excluding carboxylic acids is 1. The molecule has 1 aromatic heterocycles. The van der Waals surface area contributed by atoms with E-state index in [0.29, 0.717) is 10.8 Å². The molecule has 0 N–H and O–H groups in total. The van der Waals surface area contributed by atoms with Crippen LogP contribution in [0.15, 0.2) is 5.38 Å². The number of hydrogen-bond acceptors (Lipinski definition) is 5. The van der Waals surface area contributed by atoms with Crippen LogP contribution in [0.5, 0.6) is 0 Å². The van der Waals surface area contributed by atoms with Crippen molar-refractivity contribution in [1.29, 1.82) is 0 Å². The average molecular weight is 248 g/mol. The molecule has 0 aliphatic heterocycles. The van der Waals surface area contributed by atoms with Crippen molar-refractivity contribution in [2.24, 2.45) is 0 Å². The Hall–Kier alpha value is -0.950. The highest BCUT2D eigenvalue weighted by Gasteiger charge is 2.13. The minimum Gasteiger partial charge on any atom is -0.292 e. The van der Waals surface area contributed by atoms with E-state index < -0.39 is 9.84 Å². The van der Waals surface area contributed by atoms with Crippen molar-refractivity contribution in [3.8, 4) is 0 Å². The Kier molecular flexibility index (Phi) is 3.46. The second-order valence-electron chi connectivity index (χ2n) is 3.27. The molecule has 0 unspecified atom stereocenters. The second-order valence-corrected chi connectivity index (χ2v) is 6.25. The van der Waals surface area contributed by atoms with Gasteiger partial charge in [0.25, 0.3) is 0 Å². The molecule has 5 nitrogen and oxygen atoms in total. The van der Waals surface area contributed by atoms with Gasteiger partial charge in [0.15, 0.2) is 15.0 Å². The third kappa shape index (κ3) is 3.60. The molecule has 0 aromatic carbocycles. The first-order valence-corrected chi connectivity index (χ1v) is 7.10. The van der Waals surface area contributed by atoms with E-state index in [4.69, 9.17) is 0 Å². The highest BCUT2D eigenvalue weighted by Crippen LogP contribution is 2.20. The Bertz CT molecular complexity index is 464. The van der Waals surface area contributed by atoms with Crippen LogP contribution in [0.25, 0.3) is 0 Å². The molecular weight excluding hydrogens is 236 g/mol. The number of sulfone groups is 1. The number of thiazole rings is 1. The smallest absolute Gasteiger partial charge is 0.225 e. The van der Waals surface area contributed by atoms with Crippen molar-refractivity contribution >= 4 is 32.2 Å². The van der Waals surface area contributed by atoms with Gasteiger partial charge in [-0.15, -0.1) is 11.3 Å². The maximum absolute atomic E-state index is 11.0. The molecule has 84 valence electrons. The molecule has 0 bridgehead atoms. The first-order valence-electron chi connectivity index (χ1n) is 4.16. The van der Waals surface area contributed by atoms with Gasteiger partial charge >= 0.3 is 0 Å². The summed E-state index contributed by atoms with van der Waals surface area (Å²) in [4.78, 5) is 16.5. The van der Waals surface area contributed by atoms with Gasteiger partial charge in [0.05, 0.1) is 11.4 Å². The van der Waals surface area contributed by atoms with Gasteiger partial charge in [0.1, 0.15) is 0 Å². The summed E-state index contributed by atoms with van der Waals surface area (Å²) in [6, 6.07) is 0. The summed E-state index contributed by atoms with van der Waals surface area (Å²) in [6.45, 7) is 1.43. The fourth-order valence-corrected chi connectivity index (χ4v) is 2.54. The number of nitrogens with zero attached hydrogens (tertiary/aromatic N) is 2. The summed E-state index contributed by atoms with van der Waals surface area (Å²) < 4.78 is 22.0. The van der Waals surface area contributed by atoms with E-state index in [9.17, 15) is 13.2 Å². The Morgan fingerprint density at radius 2 is 2.20 bits per heavy atom. The zero-order valence-corrected chi connectivity index (χ0v) is 10.4. The van der Waals surface area contributed by atoms with Crippen LogP contribution in [0.4, 0.5) is 5.13 Å². The molecule has 0 radical (unpaired) electrons. The zero-order valence-electron chi connectivity index (χ0n) is 8.72. The molecule has 1 amide bonds. The molecule has 0 spiro atoms. The zero-order chi connectivity index (χ0) is 11.6. The second kappa shape index (κ2) is 4.28. The van der Waals surface area contributed by atoms with Crippen molar-refractivity contribution in [3.63, 3.8) is 0 Å². The lowest BCUT2D eigenvalue weighted by Crippen LogP contribution is -2.22. The Balaban J connectivity index is 2.86. The normalized spacial score (nSPS) is 11.4. The van der Waals surface area contributed by atoms with Gasteiger partial charge in [-0.2, -0.15) is 0 Å². The first kappa shape index (κ1) is 12.1. The molecule has 0 aliphatic carbocycles. The van der Waals surface area contributed by atoms with E-state index >= 15 is 0 Å². The van der Waals surface area contributed by atoms with Crippen LogP contribution in [0.3, 0.4) is 0 Å². The van der Waals surface area contributed by atoms with Crippen LogP contribution in [-0.2, 0) is 20.4 Å². The monoisotopic (exact) mass is 248 g/mol. The van der Waals surface area contributed by atoms with E-state index in [1.54, 1.807) is 12.4 Å². The molecule has 0 atom stereocenters. The Labute approximate surface area is 92.7 Å². The highest BCUT2D eigenvalue weighted by atomic mass is 32.2. The van der Waals surface area contributed by atoms with Crippen molar-refractivity contribution in [3.05, 3.63) is 11.1 Å². The largest absolute Gasteiger partial charge is 0.292 e. The summed E-state index contributed by atoms with van der Waals surface area (Å²) in [5.74, 6) is -0.217. The number of anilines is 1. The van der Waals surface area contributed by atoms with E-state index in [2.05, 4.69) is 4.98 Å². The molecule has 0 saturated carbocycles. The summed E-state index contributed by atoms with van der Waals surface area (Å²) in [5.41, 5.74) is 0.477. The predicted octanol–water partition coefficient (Wildman–Crippen LogP) is 0.670. The molecule has 7 heteroatoms. The van der Waals surface area contributed by atoms with E-state index in [1.165, 1.54) is 23.2 Å². The lowest BCUT2D eigenvalue weighted by Gasteiger charge is -2.09. The van der Waals surface area contributed by atoms with Crippen molar-refractivity contribution in [2.45, 2.75) is 12.7 Å². The molecule has 0 saturated heterocycles. The van der Waals surface area contributed by atoms with Crippen LogP contribution >= 0.6 is 11.3 Å². The number of carbonyl (C=O) groups is 1. The summed E-state index contributed by atoms with van der Waals surface area (Å²) in [5, 5.41) is 2.16. The Morgan fingerprint density at radius 3 is 2.67 bits per heavy atom. The number of amides is 1. The molecule has 0 fully saturated rings. The van der Waals surface area contributed by atoms with Gasteiger partial charge in [-0.3, -0.25) is 9.69 Å². The van der Waals surface area contributed by atoms with Crippen LogP contribution < -0.4 is 4.90 Å². The summed E-state index contributed by atoms with van der Waals surface area (Å²) >= 11 is 1.26. The van der Waals surface area contributed by atoms with Gasteiger partial charge in [0.2, 0.25) is 5.91 Å². The maximum Gasteiger partial charge on any atom is 0.225 e.